The number of anilines is 1. The van der Waals surface area contributed by atoms with E-state index in [0.717, 1.165) is 24.6 Å². The fourth-order valence-electron chi connectivity index (χ4n) is 3.37. The second kappa shape index (κ2) is 9.44. The maximum absolute atomic E-state index is 14.0. The van der Waals surface area contributed by atoms with Gasteiger partial charge in [0.15, 0.2) is 5.96 Å². The second-order valence-electron chi connectivity index (χ2n) is 7.26. The number of sulfonamides is 1. The van der Waals surface area contributed by atoms with Crippen LogP contribution < -0.4 is 10.2 Å². The second-order valence-corrected chi connectivity index (χ2v) is 9.41. The monoisotopic (exact) mass is 433 g/mol. The van der Waals surface area contributed by atoms with Crippen LogP contribution in [0.5, 0.6) is 0 Å². The third kappa shape index (κ3) is 4.91. The molecule has 0 atom stereocenters. The van der Waals surface area contributed by atoms with Crippen LogP contribution in [0, 0.1) is 5.82 Å². The van der Waals surface area contributed by atoms with E-state index in [-0.39, 0.29) is 10.7 Å². The van der Waals surface area contributed by atoms with Crippen molar-refractivity contribution in [3.63, 3.8) is 0 Å². The number of piperazine rings is 1. The van der Waals surface area contributed by atoms with Crippen molar-refractivity contribution in [2.24, 2.45) is 4.99 Å². The average Bonchev–Trinajstić information content (AvgIpc) is 2.75. The fraction of sp³-hybridized carbons (Fsp3) is 0.381. The zero-order valence-corrected chi connectivity index (χ0v) is 18.4. The van der Waals surface area contributed by atoms with Crippen molar-refractivity contribution in [1.82, 2.24) is 14.5 Å². The number of benzene rings is 2. The van der Waals surface area contributed by atoms with E-state index >= 15 is 0 Å². The normalized spacial score (nSPS) is 15.6. The first-order valence-electron chi connectivity index (χ1n) is 9.79. The molecule has 0 amide bonds. The van der Waals surface area contributed by atoms with Gasteiger partial charge in [-0.25, -0.2) is 17.1 Å². The number of hydrogen-bond donors (Lipinski definition) is 1. The van der Waals surface area contributed by atoms with Crippen molar-refractivity contribution in [2.45, 2.75) is 11.4 Å². The standard InChI is InChI=1S/C21H28FN5O2S/c1-23-21(24-16-17-8-10-18(11-9-17)30(28,29)25(2)3)27-14-12-26(13-15-27)20-7-5-4-6-19(20)22/h4-11H,12-16H2,1-3H3,(H,23,24). The van der Waals surface area contributed by atoms with Gasteiger partial charge in [-0.1, -0.05) is 24.3 Å². The molecular weight excluding hydrogens is 405 g/mol. The maximum Gasteiger partial charge on any atom is 0.242 e. The van der Waals surface area contributed by atoms with E-state index in [1.54, 1.807) is 43.4 Å². The van der Waals surface area contributed by atoms with Gasteiger partial charge in [0.25, 0.3) is 0 Å². The van der Waals surface area contributed by atoms with Crippen molar-refractivity contribution in [1.29, 1.82) is 0 Å². The first kappa shape index (κ1) is 22.0. The van der Waals surface area contributed by atoms with Crippen molar-refractivity contribution < 1.29 is 12.8 Å². The van der Waals surface area contributed by atoms with Crippen LogP contribution in [0.1, 0.15) is 5.56 Å². The van der Waals surface area contributed by atoms with Gasteiger partial charge >= 0.3 is 0 Å². The lowest BCUT2D eigenvalue weighted by atomic mass is 10.2. The Labute approximate surface area is 177 Å². The van der Waals surface area contributed by atoms with E-state index in [9.17, 15) is 12.8 Å². The summed E-state index contributed by atoms with van der Waals surface area (Å²) in [6, 6.07) is 13.7. The predicted molar refractivity (Wildman–Crippen MR) is 118 cm³/mol. The Morgan fingerprint density at radius 1 is 1.07 bits per heavy atom. The van der Waals surface area contributed by atoms with Gasteiger partial charge in [-0.15, -0.1) is 0 Å². The van der Waals surface area contributed by atoms with Gasteiger partial charge in [0.2, 0.25) is 10.0 Å². The molecule has 2 aromatic carbocycles. The molecule has 9 heteroatoms. The van der Waals surface area contributed by atoms with E-state index in [0.29, 0.717) is 25.3 Å². The van der Waals surface area contributed by atoms with Gasteiger partial charge in [0.05, 0.1) is 10.6 Å². The van der Waals surface area contributed by atoms with Crippen molar-refractivity contribution in [3.8, 4) is 0 Å². The molecule has 1 heterocycles. The molecule has 0 spiro atoms. The molecule has 1 fully saturated rings. The third-order valence-electron chi connectivity index (χ3n) is 5.14. The number of halogens is 1. The van der Waals surface area contributed by atoms with Crippen molar-refractivity contribution in [3.05, 3.63) is 59.9 Å². The molecule has 1 N–H and O–H groups in total. The lowest BCUT2D eigenvalue weighted by molar-refractivity contribution is 0.370. The quantitative estimate of drug-likeness (QED) is 0.577. The van der Waals surface area contributed by atoms with Crippen LogP contribution in [0.25, 0.3) is 0 Å². The zero-order valence-electron chi connectivity index (χ0n) is 17.5. The summed E-state index contributed by atoms with van der Waals surface area (Å²) in [6.07, 6.45) is 0. The number of nitrogens with zero attached hydrogens (tertiary/aromatic N) is 4. The number of rotatable bonds is 5. The SMILES string of the molecule is CN=C(NCc1ccc(S(=O)(=O)N(C)C)cc1)N1CCN(c2ccccc2F)CC1. The summed E-state index contributed by atoms with van der Waals surface area (Å²) < 4.78 is 39.6. The van der Waals surface area contributed by atoms with E-state index in [1.165, 1.54) is 24.5 Å². The third-order valence-corrected chi connectivity index (χ3v) is 6.97. The zero-order chi connectivity index (χ0) is 21.7. The topological polar surface area (TPSA) is 68.2 Å². The summed E-state index contributed by atoms with van der Waals surface area (Å²) in [5, 5.41) is 3.33. The minimum absolute atomic E-state index is 0.201. The number of guanidine groups is 1. The molecule has 3 rings (SSSR count). The molecule has 0 bridgehead atoms. The lowest BCUT2D eigenvalue weighted by Gasteiger charge is -2.37. The van der Waals surface area contributed by atoms with E-state index < -0.39 is 10.0 Å². The Kier molecular flexibility index (Phi) is 6.94. The average molecular weight is 434 g/mol. The van der Waals surface area contributed by atoms with Gasteiger partial charge in [-0.3, -0.25) is 4.99 Å². The van der Waals surface area contributed by atoms with Crippen LogP contribution in [0.3, 0.4) is 0 Å². The van der Waals surface area contributed by atoms with Crippen LogP contribution >= 0.6 is 0 Å². The van der Waals surface area contributed by atoms with Crippen LogP contribution in [-0.4, -0.2) is 70.9 Å². The largest absolute Gasteiger partial charge is 0.366 e. The Morgan fingerprint density at radius 2 is 1.70 bits per heavy atom. The molecule has 1 aliphatic heterocycles. The number of para-hydroxylation sites is 1. The molecular formula is C21H28FN5O2S. The van der Waals surface area contributed by atoms with Crippen molar-refractivity contribution >= 4 is 21.7 Å². The summed E-state index contributed by atoms with van der Waals surface area (Å²) in [5.41, 5.74) is 1.59. The molecule has 7 nitrogen and oxygen atoms in total. The molecule has 2 aromatic rings. The smallest absolute Gasteiger partial charge is 0.242 e. The molecule has 1 aliphatic rings. The first-order chi connectivity index (χ1) is 14.3. The van der Waals surface area contributed by atoms with Crippen molar-refractivity contribution in [2.75, 3.05) is 52.2 Å². The highest BCUT2D eigenvalue weighted by molar-refractivity contribution is 7.89. The first-order valence-corrected chi connectivity index (χ1v) is 11.2. The lowest BCUT2D eigenvalue weighted by Crippen LogP contribution is -2.52. The molecule has 0 saturated carbocycles. The van der Waals surface area contributed by atoms with Gasteiger partial charge in [-0.05, 0) is 29.8 Å². The van der Waals surface area contributed by atoms with Crippen LogP contribution in [0.4, 0.5) is 10.1 Å². The van der Waals surface area contributed by atoms with Gasteiger partial charge in [0.1, 0.15) is 5.82 Å². The Morgan fingerprint density at radius 3 is 2.27 bits per heavy atom. The predicted octanol–water partition coefficient (Wildman–Crippen LogP) is 1.97. The van der Waals surface area contributed by atoms with E-state index in [2.05, 4.69) is 15.2 Å². The van der Waals surface area contributed by atoms with E-state index in [1.807, 2.05) is 11.0 Å². The minimum Gasteiger partial charge on any atom is -0.366 e. The Balaban J connectivity index is 1.56. The summed E-state index contributed by atoms with van der Waals surface area (Å²) in [4.78, 5) is 8.81. The molecule has 1 saturated heterocycles. The number of nitrogens with one attached hydrogen (secondary N) is 1. The fourth-order valence-corrected chi connectivity index (χ4v) is 4.27. The van der Waals surface area contributed by atoms with Gasteiger partial charge in [-0.2, -0.15) is 0 Å². The highest BCUT2D eigenvalue weighted by atomic mass is 32.2. The maximum atomic E-state index is 14.0. The molecule has 0 unspecified atom stereocenters. The summed E-state index contributed by atoms with van der Waals surface area (Å²) >= 11 is 0. The van der Waals surface area contributed by atoms with Crippen LogP contribution in [-0.2, 0) is 16.6 Å². The van der Waals surface area contributed by atoms with Crippen LogP contribution in [0.2, 0.25) is 0 Å². The Hall–Kier alpha value is -2.65. The summed E-state index contributed by atoms with van der Waals surface area (Å²) in [7, 11) is 1.34. The highest BCUT2D eigenvalue weighted by Crippen LogP contribution is 2.20. The summed E-state index contributed by atoms with van der Waals surface area (Å²) in [5.74, 6) is 0.571. The van der Waals surface area contributed by atoms with Crippen LogP contribution in [0.15, 0.2) is 58.4 Å². The molecule has 0 aromatic heterocycles. The molecule has 162 valence electrons. The molecule has 0 radical (unpaired) electrons. The number of hydrogen-bond acceptors (Lipinski definition) is 4. The van der Waals surface area contributed by atoms with E-state index in [4.69, 9.17) is 0 Å². The minimum atomic E-state index is -3.43. The highest BCUT2D eigenvalue weighted by Gasteiger charge is 2.21. The Bertz CT molecular complexity index is 985. The summed E-state index contributed by atoms with van der Waals surface area (Å²) in [6.45, 7) is 3.40. The van der Waals surface area contributed by atoms with Gasteiger partial charge in [0, 0.05) is 53.9 Å². The number of aliphatic imine (C=N–C) groups is 1. The van der Waals surface area contributed by atoms with Gasteiger partial charge < -0.3 is 15.1 Å². The molecule has 30 heavy (non-hydrogen) atoms. The molecule has 0 aliphatic carbocycles.